The molecule has 3 aliphatic rings. The number of hydrogen-bond donors (Lipinski definition) is 2. The second kappa shape index (κ2) is 9.91. The summed E-state index contributed by atoms with van der Waals surface area (Å²) in [6.07, 6.45) is 8.11. The van der Waals surface area contributed by atoms with Crippen molar-refractivity contribution in [1.82, 2.24) is 20.1 Å². The third-order valence-corrected chi connectivity index (χ3v) is 7.58. The van der Waals surface area contributed by atoms with Gasteiger partial charge in [-0.05, 0) is 55.3 Å². The largest absolute Gasteiger partial charge is 0.497 e. The first-order valence-electron chi connectivity index (χ1n) is 12.7. The van der Waals surface area contributed by atoms with Gasteiger partial charge in [0.1, 0.15) is 23.4 Å². The SMILES string of the molecule is COc1ccc2c(OC3CC4C(=O)NC5(C(=O)O)CC5/C=C/CCCCN(C)C(=O)N4C3)nccc2c1. The van der Waals surface area contributed by atoms with Crippen molar-refractivity contribution in [3.05, 3.63) is 42.6 Å². The number of amides is 3. The Morgan fingerprint density at radius 2 is 2.08 bits per heavy atom. The monoisotopic (exact) mass is 508 g/mol. The van der Waals surface area contributed by atoms with Gasteiger partial charge in [0.2, 0.25) is 11.8 Å². The van der Waals surface area contributed by atoms with Gasteiger partial charge in [0.15, 0.2) is 0 Å². The average Bonchev–Trinajstić information content (AvgIpc) is 3.43. The third-order valence-electron chi connectivity index (χ3n) is 7.58. The molecule has 2 aromatic rings. The number of carbonyl (C=O) groups is 3. The molecule has 2 N–H and O–H groups in total. The number of hydrogen-bond acceptors (Lipinski definition) is 6. The van der Waals surface area contributed by atoms with E-state index in [2.05, 4.69) is 10.3 Å². The lowest BCUT2D eigenvalue weighted by atomic mass is 10.1. The molecular formula is C27H32N4O6. The first-order valence-corrected chi connectivity index (χ1v) is 12.7. The fourth-order valence-electron chi connectivity index (χ4n) is 5.30. The van der Waals surface area contributed by atoms with E-state index in [0.29, 0.717) is 24.6 Å². The molecule has 196 valence electrons. The first-order chi connectivity index (χ1) is 17.8. The number of carboxylic acids is 1. The summed E-state index contributed by atoms with van der Waals surface area (Å²) >= 11 is 0. The molecule has 1 saturated heterocycles. The highest BCUT2D eigenvalue weighted by Crippen LogP contribution is 2.45. The maximum absolute atomic E-state index is 13.4. The van der Waals surface area contributed by atoms with E-state index in [4.69, 9.17) is 9.47 Å². The summed E-state index contributed by atoms with van der Waals surface area (Å²) in [6.45, 7) is 0.761. The number of carbonyl (C=O) groups excluding carboxylic acids is 2. The number of fused-ring (bicyclic) bond motifs is 3. The summed E-state index contributed by atoms with van der Waals surface area (Å²) in [5.74, 6) is -0.662. The van der Waals surface area contributed by atoms with E-state index in [9.17, 15) is 19.5 Å². The number of allylic oxidation sites excluding steroid dienone is 1. The topological polar surface area (TPSA) is 121 Å². The molecule has 2 aliphatic heterocycles. The van der Waals surface area contributed by atoms with Crippen LogP contribution in [0.3, 0.4) is 0 Å². The number of pyridine rings is 1. The van der Waals surface area contributed by atoms with Gasteiger partial charge in [0.25, 0.3) is 0 Å². The number of urea groups is 1. The highest BCUT2D eigenvalue weighted by Gasteiger charge is 2.61. The summed E-state index contributed by atoms with van der Waals surface area (Å²) in [7, 11) is 3.33. The second-order valence-electron chi connectivity index (χ2n) is 10.1. The number of nitrogens with zero attached hydrogens (tertiary/aromatic N) is 3. The third kappa shape index (κ3) is 4.80. The van der Waals surface area contributed by atoms with Crippen LogP contribution in [0.15, 0.2) is 42.6 Å². The van der Waals surface area contributed by atoms with Crippen molar-refractivity contribution in [3.63, 3.8) is 0 Å². The van der Waals surface area contributed by atoms with Crippen LogP contribution >= 0.6 is 0 Å². The van der Waals surface area contributed by atoms with E-state index in [1.54, 1.807) is 25.3 Å². The summed E-state index contributed by atoms with van der Waals surface area (Å²) in [4.78, 5) is 46.5. The molecule has 0 bridgehead atoms. The van der Waals surface area contributed by atoms with Gasteiger partial charge in [-0.2, -0.15) is 0 Å². The number of aliphatic carboxylic acids is 1. The van der Waals surface area contributed by atoms with E-state index >= 15 is 0 Å². The number of rotatable bonds is 4. The van der Waals surface area contributed by atoms with Crippen molar-refractivity contribution >= 4 is 28.7 Å². The maximum atomic E-state index is 13.4. The fraction of sp³-hybridized carbons (Fsp3) is 0.481. The highest BCUT2D eigenvalue weighted by molar-refractivity contribution is 5.94. The minimum Gasteiger partial charge on any atom is -0.497 e. The van der Waals surface area contributed by atoms with Crippen LogP contribution in [0.5, 0.6) is 11.6 Å². The van der Waals surface area contributed by atoms with E-state index in [1.807, 2.05) is 36.4 Å². The molecule has 10 heteroatoms. The van der Waals surface area contributed by atoms with Crippen molar-refractivity contribution in [1.29, 1.82) is 0 Å². The van der Waals surface area contributed by atoms with Crippen molar-refractivity contribution in [3.8, 4) is 11.6 Å². The Balaban J connectivity index is 1.41. The summed E-state index contributed by atoms with van der Waals surface area (Å²) < 4.78 is 11.6. The molecule has 1 saturated carbocycles. The standard InChI is InChI=1S/C27H32N4O6/c1-30-12-6-4-3-5-7-18-15-27(18,25(33)34)29-23(32)22-14-20(16-31(22)26(30)35)37-24-21-9-8-19(36-2)13-17(21)10-11-28-24/h5,7-11,13,18,20,22H,3-4,6,12,14-16H2,1-2H3,(H,29,32)(H,33,34)/b7-5+. The molecule has 5 rings (SSSR count). The van der Waals surface area contributed by atoms with Crippen LogP contribution in [0.1, 0.15) is 32.1 Å². The van der Waals surface area contributed by atoms with Crippen LogP contribution in [0.2, 0.25) is 0 Å². The Morgan fingerprint density at radius 1 is 1.24 bits per heavy atom. The van der Waals surface area contributed by atoms with Crippen LogP contribution < -0.4 is 14.8 Å². The Morgan fingerprint density at radius 3 is 2.86 bits per heavy atom. The van der Waals surface area contributed by atoms with E-state index in [0.717, 1.165) is 30.0 Å². The Kier molecular flexibility index (Phi) is 6.66. The molecule has 1 aromatic carbocycles. The Bertz CT molecular complexity index is 1250. The van der Waals surface area contributed by atoms with Crippen LogP contribution in [0.4, 0.5) is 4.79 Å². The van der Waals surface area contributed by atoms with Gasteiger partial charge in [0.05, 0.1) is 13.7 Å². The van der Waals surface area contributed by atoms with Gasteiger partial charge in [-0.25, -0.2) is 14.6 Å². The number of methoxy groups -OCH3 is 1. The number of benzene rings is 1. The predicted octanol–water partition coefficient (Wildman–Crippen LogP) is 2.82. The van der Waals surface area contributed by atoms with Gasteiger partial charge in [0, 0.05) is 37.5 Å². The molecule has 1 aromatic heterocycles. The number of carboxylic acid groups (broad SMARTS) is 1. The van der Waals surface area contributed by atoms with E-state index in [1.165, 1.54) is 4.90 Å². The number of aromatic nitrogens is 1. The maximum Gasteiger partial charge on any atom is 0.330 e. The molecule has 10 nitrogen and oxygen atoms in total. The minimum atomic E-state index is -1.33. The lowest BCUT2D eigenvalue weighted by Crippen LogP contribution is -2.54. The summed E-state index contributed by atoms with van der Waals surface area (Å²) in [5.41, 5.74) is -1.33. The summed E-state index contributed by atoms with van der Waals surface area (Å²) in [6, 6.07) is 6.32. The molecule has 0 spiro atoms. The van der Waals surface area contributed by atoms with Crippen LogP contribution in [0, 0.1) is 5.92 Å². The number of ether oxygens (including phenoxy) is 2. The number of nitrogens with one attached hydrogen (secondary N) is 1. The smallest absolute Gasteiger partial charge is 0.330 e. The van der Waals surface area contributed by atoms with Gasteiger partial charge < -0.3 is 29.7 Å². The minimum absolute atomic E-state index is 0.193. The van der Waals surface area contributed by atoms with Crippen molar-refractivity contribution < 1.29 is 29.0 Å². The molecule has 0 radical (unpaired) electrons. The lowest BCUT2D eigenvalue weighted by molar-refractivity contribution is -0.144. The molecule has 4 atom stereocenters. The molecule has 2 fully saturated rings. The van der Waals surface area contributed by atoms with E-state index in [-0.39, 0.29) is 24.9 Å². The Labute approximate surface area is 215 Å². The van der Waals surface area contributed by atoms with Crippen molar-refractivity contribution in [2.75, 3.05) is 27.2 Å². The molecule has 4 unspecified atom stereocenters. The van der Waals surface area contributed by atoms with Gasteiger partial charge >= 0.3 is 12.0 Å². The zero-order valence-electron chi connectivity index (χ0n) is 21.1. The van der Waals surface area contributed by atoms with E-state index < -0.39 is 29.6 Å². The molecule has 37 heavy (non-hydrogen) atoms. The normalized spacial score (nSPS) is 29.1. The molecule has 3 amide bonds. The van der Waals surface area contributed by atoms with Crippen LogP contribution in [-0.2, 0) is 9.59 Å². The summed E-state index contributed by atoms with van der Waals surface area (Å²) in [5, 5.41) is 14.4. The Hall–Kier alpha value is -3.82. The molecule has 3 heterocycles. The second-order valence-corrected chi connectivity index (χ2v) is 10.1. The van der Waals surface area contributed by atoms with Crippen LogP contribution in [-0.4, -0.2) is 82.7 Å². The first kappa shape index (κ1) is 24.9. The van der Waals surface area contributed by atoms with Crippen molar-refractivity contribution in [2.45, 2.75) is 49.8 Å². The zero-order valence-corrected chi connectivity index (χ0v) is 21.1. The quantitative estimate of drug-likeness (QED) is 0.609. The predicted molar refractivity (Wildman–Crippen MR) is 135 cm³/mol. The van der Waals surface area contributed by atoms with Crippen LogP contribution in [0.25, 0.3) is 10.8 Å². The molecule has 1 aliphatic carbocycles. The molecular weight excluding hydrogens is 476 g/mol. The lowest BCUT2D eigenvalue weighted by Gasteiger charge is -2.29. The fourth-order valence-corrected chi connectivity index (χ4v) is 5.30. The zero-order chi connectivity index (χ0) is 26.2. The highest BCUT2D eigenvalue weighted by atomic mass is 16.5. The van der Waals surface area contributed by atoms with Crippen molar-refractivity contribution in [2.24, 2.45) is 5.92 Å². The average molecular weight is 509 g/mol. The van der Waals surface area contributed by atoms with Gasteiger partial charge in [-0.15, -0.1) is 0 Å². The van der Waals surface area contributed by atoms with Gasteiger partial charge in [-0.3, -0.25) is 4.79 Å². The van der Waals surface area contributed by atoms with Gasteiger partial charge in [-0.1, -0.05) is 12.2 Å².